The highest BCUT2D eigenvalue weighted by Crippen LogP contribution is 2.36. The molecule has 0 saturated carbocycles. The first-order valence-electron chi connectivity index (χ1n) is 6.31. The maximum atomic E-state index is 11.2. The molecule has 0 aliphatic rings. The molecule has 0 radical (unpaired) electrons. The summed E-state index contributed by atoms with van der Waals surface area (Å²) in [7, 11) is 1.63. The number of nitrogens with zero attached hydrogens (tertiary/aromatic N) is 1. The summed E-state index contributed by atoms with van der Waals surface area (Å²) >= 11 is 0. The minimum atomic E-state index is 0.628. The predicted octanol–water partition coefficient (Wildman–Crippen LogP) is 3.72. The summed E-state index contributed by atoms with van der Waals surface area (Å²) in [4.78, 5) is 15.6. The lowest BCUT2D eigenvalue weighted by Gasteiger charge is -2.12. The van der Waals surface area contributed by atoms with E-state index >= 15 is 0 Å². The zero-order valence-electron chi connectivity index (χ0n) is 11.0. The Morgan fingerprint density at radius 2 is 1.75 bits per heavy atom. The van der Waals surface area contributed by atoms with Crippen molar-refractivity contribution in [3.63, 3.8) is 0 Å². The third-order valence-electron chi connectivity index (χ3n) is 3.31. The van der Waals surface area contributed by atoms with Gasteiger partial charge in [0.2, 0.25) is 0 Å². The van der Waals surface area contributed by atoms with E-state index in [0.29, 0.717) is 5.56 Å². The van der Waals surface area contributed by atoms with Gasteiger partial charge in [-0.3, -0.25) is 9.78 Å². The first-order valence-corrected chi connectivity index (χ1v) is 6.31. The van der Waals surface area contributed by atoms with Gasteiger partial charge in [-0.05, 0) is 17.7 Å². The van der Waals surface area contributed by atoms with Crippen LogP contribution in [-0.2, 0) is 0 Å². The number of carbonyl (C=O) groups is 1. The molecule has 0 saturated heterocycles. The number of aldehydes is 1. The summed E-state index contributed by atoms with van der Waals surface area (Å²) in [6.07, 6.45) is 2.60. The van der Waals surface area contributed by atoms with Crippen LogP contribution >= 0.6 is 0 Å². The Morgan fingerprint density at radius 3 is 2.55 bits per heavy atom. The van der Waals surface area contributed by atoms with Crippen LogP contribution in [0, 0.1) is 0 Å². The van der Waals surface area contributed by atoms with Gasteiger partial charge in [-0.2, -0.15) is 0 Å². The van der Waals surface area contributed by atoms with Crippen LogP contribution in [0.3, 0.4) is 0 Å². The number of carbonyl (C=O) groups excluding carboxylic acids is 1. The summed E-state index contributed by atoms with van der Waals surface area (Å²) < 4.78 is 5.56. The Kier molecular flexibility index (Phi) is 3.17. The van der Waals surface area contributed by atoms with Crippen molar-refractivity contribution < 1.29 is 9.53 Å². The van der Waals surface area contributed by atoms with E-state index in [1.807, 2.05) is 42.5 Å². The minimum Gasteiger partial charge on any atom is -0.495 e. The van der Waals surface area contributed by atoms with Crippen molar-refractivity contribution in [1.82, 2.24) is 4.98 Å². The number of hydrogen-bond acceptors (Lipinski definition) is 3. The van der Waals surface area contributed by atoms with E-state index < -0.39 is 0 Å². The fraction of sp³-hybridized carbons (Fsp3) is 0.0588. The number of benzene rings is 2. The van der Waals surface area contributed by atoms with Gasteiger partial charge in [0.1, 0.15) is 5.75 Å². The maximum absolute atomic E-state index is 11.2. The van der Waals surface area contributed by atoms with Crippen LogP contribution in [-0.4, -0.2) is 18.4 Å². The molecule has 0 aliphatic heterocycles. The molecule has 0 aliphatic carbocycles. The molecule has 1 aromatic heterocycles. The van der Waals surface area contributed by atoms with Crippen LogP contribution in [0.4, 0.5) is 0 Å². The highest BCUT2D eigenvalue weighted by Gasteiger charge is 2.13. The van der Waals surface area contributed by atoms with Crippen molar-refractivity contribution in [3.05, 3.63) is 60.3 Å². The molecule has 98 valence electrons. The summed E-state index contributed by atoms with van der Waals surface area (Å²) in [5.74, 6) is 0.741. The topological polar surface area (TPSA) is 39.2 Å². The molecule has 3 aromatic rings. The molecule has 3 heteroatoms. The van der Waals surface area contributed by atoms with Crippen LogP contribution in [0.25, 0.3) is 22.0 Å². The fourth-order valence-electron chi connectivity index (χ4n) is 2.37. The van der Waals surface area contributed by atoms with Crippen LogP contribution in [0.5, 0.6) is 5.75 Å². The molecule has 3 nitrogen and oxygen atoms in total. The Labute approximate surface area is 116 Å². The number of hydrogen-bond donors (Lipinski definition) is 0. The normalized spacial score (nSPS) is 10.4. The number of rotatable bonds is 3. The largest absolute Gasteiger partial charge is 0.495 e. The van der Waals surface area contributed by atoms with Crippen molar-refractivity contribution in [2.45, 2.75) is 0 Å². The summed E-state index contributed by atoms with van der Waals surface area (Å²) in [5, 5.41) is 0.938. The zero-order valence-corrected chi connectivity index (χ0v) is 11.0. The van der Waals surface area contributed by atoms with Crippen molar-refractivity contribution >= 4 is 17.2 Å². The second-order valence-corrected chi connectivity index (χ2v) is 4.43. The minimum absolute atomic E-state index is 0.628. The second kappa shape index (κ2) is 5.13. The zero-order chi connectivity index (χ0) is 13.9. The number of para-hydroxylation sites is 1. The lowest BCUT2D eigenvalue weighted by atomic mass is 9.99. The van der Waals surface area contributed by atoms with Gasteiger partial charge in [0.25, 0.3) is 0 Å². The van der Waals surface area contributed by atoms with Gasteiger partial charge < -0.3 is 4.74 Å². The molecule has 0 unspecified atom stereocenters. The Bertz CT molecular complexity index is 781. The van der Waals surface area contributed by atoms with E-state index in [1.165, 1.54) is 0 Å². The SMILES string of the molecule is COc1c(-c2ccccc2C=O)cnc2ccccc12. The van der Waals surface area contributed by atoms with Gasteiger partial charge in [-0.25, -0.2) is 0 Å². The lowest BCUT2D eigenvalue weighted by Crippen LogP contribution is -1.94. The summed E-state index contributed by atoms with van der Waals surface area (Å²) in [5.41, 5.74) is 3.16. The number of ether oxygens (including phenoxy) is 1. The van der Waals surface area contributed by atoms with E-state index in [2.05, 4.69) is 4.98 Å². The quantitative estimate of drug-likeness (QED) is 0.676. The molecule has 3 rings (SSSR count). The number of fused-ring (bicyclic) bond motifs is 1. The highest BCUT2D eigenvalue weighted by molar-refractivity contribution is 5.96. The van der Waals surface area contributed by atoms with E-state index in [9.17, 15) is 4.79 Å². The van der Waals surface area contributed by atoms with Gasteiger partial charge >= 0.3 is 0 Å². The molecule has 0 fully saturated rings. The predicted molar refractivity (Wildman–Crippen MR) is 79.1 cm³/mol. The Morgan fingerprint density at radius 1 is 1.00 bits per heavy atom. The van der Waals surface area contributed by atoms with Crippen LogP contribution < -0.4 is 4.74 Å². The molecular weight excluding hydrogens is 250 g/mol. The van der Waals surface area contributed by atoms with Crippen molar-refractivity contribution in [1.29, 1.82) is 0 Å². The smallest absolute Gasteiger partial charge is 0.150 e. The second-order valence-electron chi connectivity index (χ2n) is 4.43. The van der Waals surface area contributed by atoms with E-state index in [4.69, 9.17) is 4.74 Å². The highest BCUT2D eigenvalue weighted by atomic mass is 16.5. The molecule has 0 bridgehead atoms. The van der Waals surface area contributed by atoms with Gasteiger partial charge in [-0.15, -0.1) is 0 Å². The third-order valence-corrected chi connectivity index (χ3v) is 3.31. The van der Waals surface area contributed by atoms with Gasteiger partial charge in [0.15, 0.2) is 6.29 Å². The Hall–Kier alpha value is -2.68. The van der Waals surface area contributed by atoms with Crippen molar-refractivity contribution in [2.24, 2.45) is 0 Å². The standard InChI is InChI=1S/C17H13NO2/c1-20-17-14-8-4-5-9-16(14)18-10-15(17)13-7-3-2-6-12(13)11-19/h2-11H,1H3. The molecule has 0 N–H and O–H groups in total. The lowest BCUT2D eigenvalue weighted by molar-refractivity contribution is 0.112. The first kappa shape index (κ1) is 12.4. The number of pyridine rings is 1. The molecule has 0 spiro atoms. The average Bonchev–Trinajstić information content (AvgIpc) is 2.53. The monoisotopic (exact) mass is 263 g/mol. The molecule has 20 heavy (non-hydrogen) atoms. The first-order chi connectivity index (χ1) is 9.85. The summed E-state index contributed by atoms with van der Waals surface area (Å²) in [6.45, 7) is 0. The number of methoxy groups -OCH3 is 1. The summed E-state index contributed by atoms with van der Waals surface area (Å²) in [6, 6.07) is 15.2. The van der Waals surface area contributed by atoms with E-state index in [0.717, 1.165) is 34.1 Å². The maximum Gasteiger partial charge on any atom is 0.150 e. The molecule has 0 amide bonds. The molecular formula is C17H13NO2. The van der Waals surface area contributed by atoms with Gasteiger partial charge in [-0.1, -0.05) is 36.4 Å². The van der Waals surface area contributed by atoms with Gasteiger partial charge in [0, 0.05) is 22.7 Å². The van der Waals surface area contributed by atoms with Crippen LogP contribution in [0.1, 0.15) is 10.4 Å². The third kappa shape index (κ3) is 1.93. The van der Waals surface area contributed by atoms with Gasteiger partial charge in [0.05, 0.1) is 12.6 Å². The fourth-order valence-corrected chi connectivity index (χ4v) is 2.37. The Balaban J connectivity index is 2.34. The number of aromatic nitrogens is 1. The molecule has 1 heterocycles. The van der Waals surface area contributed by atoms with Crippen molar-refractivity contribution in [3.8, 4) is 16.9 Å². The average molecular weight is 263 g/mol. The van der Waals surface area contributed by atoms with E-state index in [-0.39, 0.29) is 0 Å². The van der Waals surface area contributed by atoms with Crippen LogP contribution in [0.2, 0.25) is 0 Å². The molecule has 2 aromatic carbocycles. The molecule has 0 atom stereocenters. The van der Waals surface area contributed by atoms with E-state index in [1.54, 1.807) is 19.4 Å². The van der Waals surface area contributed by atoms with Crippen molar-refractivity contribution in [2.75, 3.05) is 7.11 Å². The van der Waals surface area contributed by atoms with Crippen LogP contribution in [0.15, 0.2) is 54.7 Å².